The maximum Gasteiger partial charge on any atom is 0.140 e. The zero-order valence-electron chi connectivity index (χ0n) is 11.9. The Labute approximate surface area is 126 Å². The van der Waals surface area contributed by atoms with Crippen LogP contribution in [0.1, 0.15) is 5.56 Å². The van der Waals surface area contributed by atoms with Crippen molar-refractivity contribution < 1.29 is 0 Å². The SMILES string of the molecule is Cc1cnc2ccc(-c3[nH]nnc3-c3ccccn3)nc2c1. The van der Waals surface area contributed by atoms with E-state index in [1.54, 1.807) is 6.20 Å². The molecule has 0 bridgehead atoms. The number of nitrogens with one attached hydrogen (secondary N) is 1. The summed E-state index contributed by atoms with van der Waals surface area (Å²) in [6, 6.07) is 11.5. The second-order valence-corrected chi connectivity index (χ2v) is 5.00. The van der Waals surface area contributed by atoms with Gasteiger partial charge in [0.05, 0.1) is 22.4 Å². The number of hydrogen-bond acceptors (Lipinski definition) is 5. The molecule has 0 amide bonds. The van der Waals surface area contributed by atoms with E-state index in [1.807, 2.05) is 49.5 Å². The van der Waals surface area contributed by atoms with Gasteiger partial charge in [-0.25, -0.2) is 4.98 Å². The van der Waals surface area contributed by atoms with Crippen LogP contribution in [0.2, 0.25) is 0 Å². The van der Waals surface area contributed by atoms with Crippen LogP contribution in [0.3, 0.4) is 0 Å². The fourth-order valence-corrected chi connectivity index (χ4v) is 2.34. The van der Waals surface area contributed by atoms with Crippen LogP contribution in [-0.2, 0) is 0 Å². The molecule has 4 aromatic rings. The minimum atomic E-state index is 0.688. The van der Waals surface area contributed by atoms with Crippen LogP contribution in [0.5, 0.6) is 0 Å². The van der Waals surface area contributed by atoms with Gasteiger partial charge in [-0.15, -0.1) is 5.10 Å². The standard InChI is InChI=1S/C16H12N6/c1-10-8-14-11(18-9-10)5-6-13(19-14)16-15(20-22-21-16)12-4-2-3-7-17-12/h2-9H,1H3,(H,20,21,22). The lowest BCUT2D eigenvalue weighted by Gasteiger charge is -2.03. The van der Waals surface area contributed by atoms with Gasteiger partial charge in [-0.2, -0.15) is 0 Å². The topological polar surface area (TPSA) is 80.2 Å². The molecular formula is C16H12N6. The third kappa shape index (κ3) is 2.10. The Morgan fingerprint density at radius 2 is 1.91 bits per heavy atom. The fourth-order valence-electron chi connectivity index (χ4n) is 2.34. The monoisotopic (exact) mass is 288 g/mol. The Hall–Kier alpha value is -3.15. The Morgan fingerprint density at radius 1 is 0.955 bits per heavy atom. The van der Waals surface area contributed by atoms with Crippen molar-refractivity contribution in [2.24, 2.45) is 0 Å². The number of aryl methyl sites for hydroxylation is 1. The molecular weight excluding hydrogens is 276 g/mol. The van der Waals surface area contributed by atoms with Gasteiger partial charge in [0, 0.05) is 12.4 Å². The van der Waals surface area contributed by atoms with Crippen LogP contribution < -0.4 is 0 Å². The van der Waals surface area contributed by atoms with Crippen LogP contribution in [0, 0.1) is 6.92 Å². The highest BCUT2D eigenvalue weighted by Gasteiger charge is 2.14. The van der Waals surface area contributed by atoms with Crippen LogP contribution in [-0.4, -0.2) is 30.4 Å². The zero-order valence-corrected chi connectivity index (χ0v) is 11.9. The lowest BCUT2D eigenvalue weighted by molar-refractivity contribution is 0.941. The molecule has 4 rings (SSSR count). The second kappa shape index (κ2) is 5.00. The summed E-state index contributed by atoms with van der Waals surface area (Å²) < 4.78 is 0. The van der Waals surface area contributed by atoms with Gasteiger partial charge in [0.2, 0.25) is 0 Å². The average Bonchev–Trinajstić information content (AvgIpc) is 3.04. The first-order valence-electron chi connectivity index (χ1n) is 6.87. The summed E-state index contributed by atoms with van der Waals surface area (Å²) in [5.74, 6) is 0. The quantitative estimate of drug-likeness (QED) is 0.613. The number of aromatic nitrogens is 6. The molecule has 4 heterocycles. The maximum absolute atomic E-state index is 4.66. The number of aromatic amines is 1. The second-order valence-electron chi connectivity index (χ2n) is 5.00. The van der Waals surface area contributed by atoms with Gasteiger partial charge in [-0.3, -0.25) is 15.1 Å². The van der Waals surface area contributed by atoms with E-state index in [4.69, 9.17) is 0 Å². The molecule has 0 spiro atoms. The van der Waals surface area contributed by atoms with Gasteiger partial charge in [-0.05, 0) is 42.8 Å². The number of fused-ring (bicyclic) bond motifs is 1. The van der Waals surface area contributed by atoms with Gasteiger partial charge in [-0.1, -0.05) is 11.3 Å². The number of rotatable bonds is 2. The number of H-pyrrole nitrogens is 1. The molecule has 6 nitrogen and oxygen atoms in total. The van der Waals surface area contributed by atoms with Crippen molar-refractivity contribution in [3.8, 4) is 22.8 Å². The molecule has 106 valence electrons. The summed E-state index contributed by atoms with van der Waals surface area (Å²) in [5, 5.41) is 11.0. The van der Waals surface area contributed by atoms with E-state index in [-0.39, 0.29) is 0 Å². The summed E-state index contributed by atoms with van der Waals surface area (Å²) >= 11 is 0. The Balaban J connectivity index is 1.88. The van der Waals surface area contributed by atoms with E-state index >= 15 is 0 Å². The maximum atomic E-state index is 4.66. The smallest absolute Gasteiger partial charge is 0.140 e. The van der Waals surface area contributed by atoms with Crippen molar-refractivity contribution in [1.29, 1.82) is 0 Å². The van der Waals surface area contributed by atoms with Crippen molar-refractivity contribution in [3.63, 3.8) is 0 Å². The summed E-state index contributed by atoms with van der Waals surface area (Å²) in [6.07, 6.45) is 3.57. The van der Waals surface area contributed by atoms with E-state index in [9.17, 15) is 0 Å². The summed E-state index contributed by atoms with van der Waals surface area (Å²) in [4.78, 5) is 13.4. The molecule has 0 aliphatic carbocycles. The molecule has 22 heavy (non-hydrogen) atoms. The first-order chi connectivity index (χ1) is 10.8. The Morgan fingerprint density at radius 3 is 2.77 bits per heavy atom. The van der Waals surface area contributed by atoms with Crippen molar-refractivity contribution in [3.05, 3.63) is 54.4 Å². The van der Waals surface area contributed by atoms with Gasteiger partial charge in [0.15, 0.2) is 0 Å². The molecule has 0 aliphatic rings. The molecule has 4 aromatic heterocycles. The predicted molar refractivity (Wildman–Crippen MR) is 82.9 cm³/mol. The molecule has 6 heteroatoms. The molecule has 0 radical (unpaired) electrons. The first-order valence-corrected chi connectivity index (χ1v) is 6.87. The van der Waals surface area contributed by atoms with Gasteiger partial charge in [0.1, 0.15) is 11.4 Å². The third-order valence-corrected chi connectivity index (χ3v) is 3.39. The van der Waals surface area contributed by atoms with Crippen LogP contribution in [0.4, 0.5) is 0 Å². The van der Waals surface area contributed by atoms with E-state index in [2.05, 4.69) is 30.4 Å². The average molecular weight is 288 g/mol. The van der Waals surface area contributed by atoms with Gasteiger partial charge in [0.25, 0.3) is 0 Å². The molecule has 1 N–H and O–H groups in total. The van der Waals surface area contributed by atoms with Crippen LogP contribution in [0.15, 0.2) is 48.8 Å². The Bertz CT molecular complexity index is 945. The minimum Gasteiger partial charge on any atom is -0.255 e. The highest BCUT2D eigenvalue weighted by molar-refractivity contribution is 5.81. The molecule has 0 aromatic carbocycles. The summed E-state index contributed by atoms with van der Waals surface area (Å²) in [5.41, 5.74) is 5.75. The van der Waals surface area contributed by atoms with Crippen molar-refractivity contribution in [2.45, 2.75) is 6.92 Å². The molecule has 0 unspecified atom stereocenters. The highest BCUT2D eigenvalue weighted by atomic mass is 15.3. The van der Waals surface area contributed by atoms with E-state index in [1.165, 1.54) is 0 Å². The van der Waals surface area contributed by atoms with Gasteiger partial charge < -0.3 is 0 Å². The normalized spacial score (nSPS) is 11.0. The van der Waals surface area contributed by atoms with Gasteiger partial charge >= 0.3 is 0 Å². The summed E-state index contributed by atoms with van der Waals surface area (Å²) in [7, 11) is 0. The minimum absolute atomic E-state index is 0.688. The van der Waals surface area contributed by atoms with E-state index in [0.29, 0.717) is 5.69 Å². The number of nitrogens with zero attached hydrogens (tertiary/aromatic N) is 5. The molecule has 0 saturated heterocycles. The summed E-state index contributed by atoms with van der Waals surface area (Å²) in [6.45, 7) is 2.00. The molecule has 0 atom stereocenters. The largest absolute Gasteiger partial charge is 0.255 e. The highest BCUT2D eigenvalue weighted by Crippen LogP contribution is 2.26. The number of hydrogen-bond donors (Lipinski definition) is 1. The fraction of sp³-hybridized carbons (Fsp3) is 0.0625. The zero-order chi connectivity index (χ0) is 14.9. The van der Waals surface area contributed by atoms with Crippen molar-refractivity contribution >= 4 is 11.0 Å². The molecule has 0 fully saturated rings. The van der Waals surface area contributed by atoms with Crippen LogP contribution >= 0.6 is 0 Å². The van der Waals surface area contributed by atoms with E-state index < -0.39 is 0 Å². The Kier molecular flexibility index (Phi) is 2.86. The van der Waals surface area contributed by atoms with Crippen LogP contribution in [0.25, 0.3) is 33.8 Å². The lowest BCUT2D eigenvalue weighted by Crippen LogP contribution is -1.91. The lowest BCUT2D eigenvalue weighted by atomic mass is 10.1. The molecule has 0 saturated carbocycles. The number of pyridine rings is 3. The van der Waals surface area contributed by atoms with E-state index in [0.717, 1.165) is 33.7 Å². The van der Waals surface area contributed by atoms with Crippen molar-refractivity contribution in [1.82, 2.24) is 30.4 Å². The first kappa shape index (κ1) is 12.6. The predicted octanol–water partition coefficient (Wildman–Crippen LogP) is 2.79. The van der Waals surface area contributed by atoms with Crippen molar-refractivity contribution in [2.75, 3.05) is 0 Å². The molecule has 0 aliphatic heterocycles. The third-order valence-electron chi connectivity index (χ3n) is 3.39.